The van der Waals surface area contributed by atoms with E-state index in [2.05, 4.69) is 6.92 Å². The van der Waals surface area contributed by atoms with Crippen LogP contribution in [0.25, 0.3) is 0 Å². The predicted octanol–water partition coefficient (Wildman–Crippen LogP) is 1.13. The third kappa shape index (κ3) is 0.457. The van der Waals surface area contributed by atoms with E-state index in [0.29, 0.717) is 18.1 Å². The van der Waals surface area contributed by atoms with Gasteiger partial charge in [-0.3, -0.25) is 4.79 Å². The van der Waals surface area contributed by atoms with Crippen molar-refractivity contribution >= 4 is 5.78 Å². The van der Waals surface area contributed by atoms with Crippen molar-refractivity contribution in [3.63, 3.8) is 0 Å². The lowest BCUT2D eigenvalue weighted by molar-refractivity contribution is -0.134. The number of hydrogen-bond acceptors (Lipinski definition) is 2. The summed E-state index contributed by atoms with van der Waals surface area (Å²) >= 11 is 0. The minimum absolute atomic E-state index is 0.0237. The van der Waals surface area contributed by atoms with E-state index in [0.717, 1.165) is 19.3 Å². The van der Waals surface area contributed by atoms with Gasteiger partial charge in [-0.1, -0.05) is 6.92 Å². The van der Waals surface area contributed by atoms with Gasteiger partial charge in [0.25, 0.3) is 0 Å². The van der Waals surface area contributed by atoms with Crippen molar-refractivity contribution in [2.24, 2.45) is 17.3 Å². The van der Waals surface area contributed by atoms with Gasteiger partial charge in [0, 0.05) is 17.8 Å². The van der Waals surface area contributed by atoms with Crippen LogP contribution in [0.5, 0.6) is 0 Å². The second-order valence-electron chi connectivity index (χ2n) is 4.98. The third-order valence-electron chi connectivity index (χ3n) is 4.86. The molecule has 66 valence electrons. The Kier molecular flexibility index (Phi) is 0.958. The van der Waals surface area contributed by atoms with Gasteiger partial charge in [0.2, 0.25) is 0 Å². The maximum atomic E-state index is 11.5. The zero-order chi connectivity index (χ0) is 8.56. The zero-order valence-electron chi connectivity index (χ0n) is 7.34. The Labute approximate surface area is 72.0 Å². The SMILES string of the molecule is CC12C3CCC1(O)CC(=O)C2C3. The topological polar surface area (TPSA) is 37.3 Å². The molecule has 0 bridgehead atoms. The van der Waals surface area contributed by atoms with E-state index in [1.807, 2.05) is 0 Å². The quantitative estimate of drug-likeness (QED) is 0.585. The van der Waals surface area contributed by atoms with E-state index in [9.17, 15) is 9.90 Å². The first-order valence-corrected chi connectivity index (χ1v) is 4.83. The van der Waals surface area contributed by atoms with Gasteiger partial charge in [-0.05, 0) is 25.2 Å². The lowest BCUT2D eigenvalue weighted by Crippen LogP contribution is -2.51. The van der Waals surface area contributed by atoms with Crippen molar-refractivity contribution in [1.29, 1.82) is 0 Å². The summed E-state index contributed by atoms with van der Waals surface area (Å²) in [4.78, 5) is 11.5. The second kappa shape index (κ2) is 1.63. The van der Waals surface area contributed by atoms with Crippen molar-refractivity contribution in [2.75, 3.05) is 0 Å². The maximum absolute atomic E-state index is 11.5. The molecule has 0 aliphatic heterocycles. The highest BCUT2D eigenvalue weighted by Crippen LogP contribution is 2.70. The molecule has 3 aliphatic rings. The molecule has 0 amide bonds. The van der Waals surface area contributed by atoms with E-state index in [4.69, 9.17) is 0 Å². The smallest absolute Gasteiger partial charge is 0.139 e. The highest BCUT2D eigenvalue weighted by molar-refractivity contribution is 5.88. The molecule has 4 atom stereocenters. The summed E-state index contributed by atoms with van der Waals surface area (Å²) in [6.45, 7) is 2.11. The van der Waals surface area contributed by atoms with Gasteiger partial charge in [-0.25, -0.2) is 0 Å². The van der Waals surface area contributed by atoms with Gasteiger partial charge < -0.3 is 5.11 Å². The maximum Gasteiger partial charge on any atom is 0.139 e. The second-order valence-corrected chi connectivity index (χ2v) is 4.98. The van der Waals surface area contributed by atoms with Crippen LogP contribution in [0, 0.1) is 17.3 Å². The fourth-order valence-corrected chi connectivity index (χ4v) is 3.86. The Morgan fingerprint density at radius 3 is 3.00 bits per heavy atom. The summed E-state index contributed by atoms with van der Waals surface area (Å²) < 4.78 is 0. The van der Waals surface area contributed by atoms with E-state index in [1.54, 1.807) is 0 Å². The Morgan fingerprint density at radius 1 is 1.58 bits per heavy atom. The largest absolute Gasteiger partial charge is 0.389 e. The average molecular weight is 166 g/mol. The molecule has 0 spiro atoms. The van der Waals surface area contributed by atoms with Gasteiger partial charge in [-0.2, -0.15) is 0 Å². The number of Topliss-reactive ketones (excluding diaryl/α,β-unsaturated/α-hetero) is 1. The molecular weight excluding hydrogens is 152 g/mol. The van der Waals surface area contributed by atoms with Gasteiger partial charge >= 0.3 is 0 Å². The molecule has 0 heterocycles. The monoisotopic (exact) mass is 166 g/mol. The van der Waals surface area contributed by atoms with E-state index in [-0.39, 0.29) is 11.3 Å². The molecule has 3 saturated carbocycles. The lowest BCUT2D eigenvalue weighted by Gasteiger charge is -2.50. The number of carbonyl (C=O) groups excluding carboxylic acids is 1. The summed E-state index contributed by atoms with van der Waals surface area (Å²) in [6.07, 6.45) is 3.48. The number of aliphatic hydroxyl groups is 1. The number of carbonyl (C=O) groups is 1. The first kappa shape index (κ1) is 7.07. The fraction of sp³-hybridized carbons (Fsp3) is 0.900. The molecule has 12 heavy (non-hydrogen) atoms. The van der Waals surface area contributed by atoms with Gasteiger partial charge in [0.05, 0.1) is 5.60 Å². The molecule has 2 heteroatoms. The van der Waals surface area contributed by atoms with Crippen LogP contribution >= 0.6 is 0 Å². The Morgan fingerprint density at radius 2 is 2.33 bits per heavy atom. The van der Waals surface area contributed by atoms with Crippen LogP contribution in [0.2, 0.25) is 0 Å². The van der Waals surface area contributed by atoms with Crippen LogP contribution in [-0.4, -0.2) is 16.5 Å². The first-order valence-electron chi connectivity index (χ1n) is 4.83. The van der Waals surface area contributed by atoms with Gasteiger partial charge in [0.15, 0.2) is 0 Å². The minimum atomic E-state index is -0.613. The van der Waals surface area contributed by atoms with Crippen molar-refractivity contribution in [2.45, 2.75) is 38.2 Å². The molecule has 2 nitrogen and oxygen atoms in total. The summed E-state index contributed by atoms with van der Waals surface area (Å²) in [7, 11) is 0. The number of rotatable bonds is 0. The minimum Gasteiger partial charge on any atom is -0.389 e. The molecule has 0 radical (unpaired) electrons. The molecule has 0 aromatic rings. The Bertz CT molecular complexity index is 273. The normalized spacial score (nSPS) is 61.7. The van der Waals surface area contributed by atoms with Crippen LogP contribution in [0.3, 0.4) is 0 Å². The third-order valence-corrected chi connectivity index (χ3v) is 4.86. The van der Waals surface area contributed by atoms with Crippen molar-refractivity contribution < 1.29 is 9.90 Å². The van der Waals surface area contributed by atoms with Crippen LogP contribution in [0.1, 0.15) is 32.6 Å². The highest BCUT2D eigenvalue weighted by atomic mass is 16.3. The zero-order valence-corrected chi connectivity index (χ0v) is 7.34. The molecule has 3 fully saturated rings. The molecule has 0 aromatic heterocycles. The van der Waals surface area contributed by atoms with Crippen LogP contribution in [0.4, 0.5) is 0 Å². The summed E-state index contributed by atoms with van der Waals surface area (Å²) in [6, 6.07) is 0. The van der Waals surface area contributed by atoms with E-state index in [1.165, 1.54) is 0 Å². The lowest BCUT2D eigenvalue weighted by atomic mass is 9.55. The first-order chi connectivity index (χ1) is 5.58. The summed E-state index contributed by atoms with van der Waals surface area (Å²) in [5.74, 6) is 1.16. The van der Waals surface area contributed by atoms with Crippen molar-refractivity contribution in [3.05, 3.63) is 0 Å². The summed E-state index contributed by atoms with van der Waals surface area (Å²) in [5.41, 5.74) is -0.637. The molecule has 3 rings (SSSR count). The Balaban J connectivity index is 2.13. The van der Waals surface area contributed by atoms with E-state index < -0.39 is 5.60 Å². The number of hydrogen-bond donors (Lipinski definition) is 1. The van der Waals surface area contributed by atoms with Crippen LogP contribution in [-0.2, 0) is 4.79 Å². The average Bonchev–Trinajstić information content (AvgIpc) is 2.18. The van der Waals surface area contributed by atoms with E-state index >= 15 is 0 Å². The van der Waals surface area contributed by atoms with Gasteiger partial charge in [0.1, 0.15) is 5.78 Å². The highest BCUT2D eigenvalue weighted by Gasteiger charge is 2.72. The standard InChI is InChI=1S/C10H14O2/c1-9-6-2-3-10(9,12)5-8(11)7(9)4-6/h6-7,12H,2-5H2,1H3. The molecule has 0 aromatic carbocycles. The molecule has 4 unspecified atom stereocenters. The molecule has 0 saturated heterocycles. The van der Waals surface area contributed by atoms with Crippen molar-refractivity contribution in [1.82, 2.24) is 0 Å². The van der Waals surface area contributed by atoms with Gasteiger partial charge in [-0.15, -0.1) is 0 Å². The van der Waals surface area contributed by atoms with Crippen LogP contribution < -0.4 is 0 Å². The molecule has 3 aliphatic carbocycles. The predicted molar refractivity (Wildman–Crippen MR) is 43.5 cm³/mol. The summed E-state index contributed by atoms with van der Waals surface area (Å²) in [5, 5.41) is 10.2. The Hall–Kier alpha value is -0.370. The fourth-order valence-electron chi connectivity index (χ4n) is 3.86. The molecule has 1 N–H and O–H groups in total. The van der Waals surface area contributed by atoms with Crippen LogP contribution in [0.15, 0.2) is 0 Å². The number of ketones is 1. The molecular formula is C10H14O2. The van der Waals surface area contributed by atoms with Crippen molar-refractivity contribution in [3.8, 4) is 0 Å².